The largest absolute Gasteiger partial charge is 0.472 e. The maximum Gasteiger partial charge on any atom is 0.0947 e. The number of benzene rings is 1. The molecule has 1 unspecified atom stereocenters. The van der Waals surface area contributed by atoms with Crippen LogP contribution in [0.3, 0.4) is 0 Å². The number of rotatable bonds is 4. The lowest BCUT2D eigenvalue weighted by atomic mass is 10.1. The van der Waals surface area contributed by atoms with Gasteiger partial charge < -0.3 is 9.73 Å². The smallest absolute Gasteiger partial charge is 0.0947 e. The van der Waals surface area contributed by atoms with E-state index in [0.717, 1.165) is 17.7 Å². The second-order valence-corrected chi connectivity index (χ2v) is 4.74. The van der Waals surface area contributed by atoms with Gasteiger partial charge in [0.25, 0.3) is 0 Å². The molecule has 0 aliphatic rings. The third-order valence-corrected chi connectivity index (χ3v) is 3.18. The molecule has 1 N–H and O–H groups in total. The fourth-order valence-electron chi connectivity index (χ4n) is 1.63. The highest BCUT2D eigenvalue weighted by molar-refractivity contribution is 6.35. The molecule has 0 saturated heterocycles. The molecule has 17 heavy (non-hydrogen) atoms. The molecule has 1 aromatic heterocycles. The van der Waals surface area contributed by atoms with E-state index >= 15 is 0 Å². The van der Waals surface area contributed by atoms with Crippen LogP contribution in [0.1, 0.15) is 24.1 Å². The van der Waals surface area contributed by atoms with Crippen LogP contribution in [-0.2, 0) is 6.54 Å². The Hall–Kier alpha value is -0.960. The van der Waals surface area contributed by atoms with E-state index in [1.807, 2.05) is 18.2 Å². The van der Waals surface area contributed by atoms with E-state index in [1.165, 1.54) is 0 Å². The Bertz CT molecular complexity index is 482. The highest BCUT2D eigenvalue weighted by atomic mass is 35.5. The van der Waals surface area contributed by atoms with Crippen molar-refractivity contribution >= 4 is 23.2 Å². The lowest BCUT2D eigenvalue weighted by molar-refractivity contribution is 0.547. The van der Waals surface area contributed by atoms with Gasteiger partial charge in [-0.05, 0) is 30.7 Å². The molecule has 0 aliphatic carbocycles. The zero-order chi connectivity index (χ0) is 12.3. The second kappa shape index (κ2) is 5.58. The molecule has 0 fully saturated rings. The van der Waals surface area contributed by atoms with Gasteiger partial charge in [0.2, 0.25) is 0 Å². The maximum absolute atomic E-state index is 6.14. The molecular weight excluding hydrogens is 257 g/mol. The molecule has 0 bridgehead atoms. The van der Waals surface area contributed by atoms with Crippen LogP contribution in [0.5, 0.6) is 0 Å². The number of halogens is 2. The SMILES string of the molecule is CC(NCc1ccoc1)c1ccc(Cl)cc1Cl. The molecular formula is C13H13Cl2NO. The van der Waals surface area contributed by atoms with Crippen molar-refractivity contribution in [3.63, 3.8) is 0 Å². The van der Waals surface area contributed by atoms with Crippen molar-refractivity contribution in [3.05, 3.63) is 58.0 Å². The Morgan fingerprint density at radius 2 is 2.12 bits per heavy atom. The fourth-order valence-corrected chi connectivity index (χ4v) is 2.20. The van der Waals surface area contributed by atoms with E-state index in [1.54, 1.807) is 18.6 Å². The first kappa shape index (κ1) is 12.5. The highest BCUT2D eigenvalue weighted by Gasteiger charge is 2.09. The summed E-state index contributed by atoms with van der Waals surface area (Å²) in [4.78, 5) is 0. The topological polar surface area (TPSA) is 25.2 Å². The van der Waals surface area contributed by atoms with E-state index in [2.05, 4.69) is 12.2 Å². The molecule has 1 atom stereocenters. The minimum atomic E-state index is 0.162. The first-order valence-electron chi connectivity index (χ1n) is 5.36. The monoisotopic (exact) mass is 269 g/mol. The molecule has 0 amide bonds. The normalized spacial score (nSPS) is 12.6. The third kappa shape index (κ3) is 3.25. The highest BCUT2D eigenvalue weighted by Crippen LogP contribution is 2.26. The maximum atomic E-state index is 6.14. The van der Waals surface area contributed by atoms with Crippen molar-refractivity contribution in [3.8, 4) is 0 Å². The molecule has 2 nitrogen and oxygen atoms in total. The van der Waals surface area contributed by atoms with Crippen LogP contribution < -0.4 is 5.32 Å². The molecule has 1 heterocycles. The van der Waals surface area contributed by atoms with E-state index in [9.17, 15) is 0 Å². The van der Waals surface area contributed by atoms with Crippen LogP contribution in [-0.4, -0.2) is 0 Å². The van der Waals surface area contributed by atoms with Gasteiger partial charge in [-0.3, -0.25) is 0 Å². The Morgan fingerprint density at radius 3 is 2.76 bits per heavy atom. The Morgan fingerprint density at radius 1 is 1.29 bits per heavy atom. The van der Waals surface area contributed by atoms with Crippen molar-refractivity contribution in [1.82, 2.24) is 5.32 Å². The van der Waals surface area contributed by atoms with Gasteiger partial charge in [0.05, 0.1) is 12.5 Å². The van der Waals surface area contributed by atoms with Crippen LogP contribution in [0.25, 0.3) is 0 Å². The van der Waals surface area contributed by atoms with Crippen LogP contribution in [0.4, 0.5) is 0 Å². The molecule has 1 aromatic carbocycles. The molecule has 2 aromatic rings. The van der Waals surface area contributed by atoms with Gasteiger partial charge in [-0.25, -0.2) is 0 Å². The first-order chi connectivity index (χ1) is 8.16. The Labute approximate surface area is 111 Å². The summed E-state index contributed by atoms with van der Waals surface area (Å²) in [5.41, 5.74) is 2.15. The third-order valence-electron chi connectivity index (χ3n) is 2.62. The van der Waals surface area contributed by atoms with Gasteiger partial charge in [0.1, 0.15) is 0 Å². The summed E-state index contributed by atoms with van der Waals surface area (Å²) < 4.78 is 5.01. The number of hydrogen-bond acceptors (Lipinski definition) is 2. The van der Waals surface area contributed by atoms with E-state index in [0.29, 0.717) is 10.0 Å². The molecule has 0 spiro atoms. The lowest BCUT2D eigenvalue weighted by Gasteiger charge is -2.15. The van der Waals surface area contributed by atoms with Gasteiger partial charge in [0.15, 0.2) is 0 Å². The predicted octanol–water partition coefficient (Wildman–Crippen LogP) is 4.44. The average molecular weight is 270 g/mol. The summed E-state index contributed by atoms with van der Waals surface area (Å²) in [5, 5.41) is 4.71. The van der Waals surface area contributed by atoms with Crippen molar-refractivity contribution in [1.29, 1.82) is 0 Å². The van der Waals surface area contributed by atoms with Crippen LogP contribution in [0, 0.1) is 0 Å². The molecule has 4 heteroatoms. The molecule has 90 valence electrons. The minimum Gasteiger partial charge on any atom is -0.472 e. The minimum absolute atomic E-state index is 0.162. The fraction of sp³-hybridized carbons (Fsp3) is 0.231. The lowest BCUT2D eigenvalue weighted by Crippen LogP contribution is -2.18. The number of furan rings is 1. The zero-order valence-electron chi connectivity index (χ0n) is 9.41. The van der Waals surface area contributed by atoms with Crippen molar-refractivity contribution < 1.29 is 4.42 Å². The standard InChI is InChI=1S/C13H13Cl2NO/c1-9(16-7-10-4-5-17-8-10)12-3-2-11(14)6-13(12)15/h2-6,8-9,16H,7H2,1H3. The summed E-state index contributed by atoms with van der Waals surface area (Å²) in [6.07, 6.45) is 3.39. The summed E-state index contributed by atoms with van der Waals surface area (Å²) >= 11 is 12.0. The van der Waals surface area contributed by atoms with Crippen molar-refractivity contribution in [2.24, 2.45) is 0 Å². The summed E-state index contributed by atoms with van der Waals surface area (Å²) in [6.45, 7) is 2.81. The Kier molecular flexibility index (Phi) is 4.11. The van der Waals surface area contributed by atoms with Crippen molar-refractivity contribution in [2.75, 3.05) is 0 Å². The van der Waals surface area contributed by atoms with Crippen LogP contribution in [0.15, 0.2) is 41.2 Å². The van der Waals surface area contributed by atoms with E-state index < -0.39 is 0 Å². The van der Waals surface area contributed by atoms with Gasteiger partial charge in [-0.15, -0.1) is 0 Å². The van der Waals surface area contributed by atoms with Crippen LogP contribution in [0.2, 0.25) is 10.0 Å². The van der Waals surface area contributed by atoms with Gasteiger partial charge in [-0.1, -0.05) is 29.3 Å². The van der Waals surface area contributed by atoms with Crippen molar-refractivity contribution in [2.45, 2.75) is 19.5 Å². The average Bonchev–Trinajstić information content (AvgIpc) is 2.78. The molecule has 2 rings (SSSR count). The summed E-state index contributed by atoms with van der Waals surface area (Å²) in [6, 6.07) is 7.64. The van der Waals surface area contributed by atoms with E-state index in [4.69, 9.17) is 27.6 Å². The van der Waals surface area contributed by atoms with Gasteiger partial charge in [0, 0.05) is 28.2 Å². The Balaban J connectivity index is 2.01. The van der Waals surface area contributed by atoms with Gasteiger partial charge >= 0.3 is 0 Å². The second-order valence-electron chi connectivity index (χ2n) is 3.90. The summed E-state index contributed by atoms with van der Waals surface area (Å²) in [7, 11) is 0. The predicted molar refractivity (Wildman–Crippen MR) is 70.4 cm³/mol. The van der Waals surface area contributed by atoms with E-state index in [-0.39, 0.29) is 6.04 Å². The molecule has 0 aliphatic heterocycles. The summed E-state index contributed by atoms with van der Waals surface area (Å²) in [5.74, 6) is 0. The quantitative estimate of drug-likeness (QED) is 0.888. The first-order valence-corrected chi connectivity index (χ1v) is 6.12. The number of nitrogens with one attached hydrogen (secondary N) is 1. The van der Waals surface area contributed by atoms with Crippen LogP contribution >= 0.6 is 23.2 Å². The van der Waals surface area contributed by atoms with Gasteiger partial charge in [-0.2, -0.15) is 0 Å². The zero-order valence-corrected chi connectivity index (χ0v) is 10.9. The molecule has 0 radical (unpaired) electrons. The number of hydrogen-bond donors (Lipinski definition) is 1. The molecule has 0 saturated carbocycles.